The van der Waals surface area contributed by atoms with Gasteiger partial charge in [0, 0.05) is 30.7 Å². The molecule has 0 saturated carbocycles. The highest BCUT2D eigenvalue weighted by atomic mass is 32.1. The van der Waals surface area contributed by atoms with Gasteiger partial charge < -0.3 is 10.6 Å². The Balaban J connectivity index is 1.74. The normalized spacial score (nSPS) is 20.9. The van der Waals surface area contributed by atoms with E-state index in [9.17, 15) is 0 Å². The molecule has 102 valence electrons. The zero-order valence-electron chi connectivity index (χ0n) is 11.4. The molecule has 4 nitrogen and oxygen atoms in total. The molecule has 0 bridgehead atoms. The molecule has 0 aromatic carbocycles. The van der Waals surface area contributed by atoms with Crippen LogP contribution in [0.25, 0.3) is 0 Å². The molecule has 1 fully saturated rings. The molecule has 1 aromatic rings. The second-order valence-electron chi connectivity index (χ2n) is 5.32. The van der Waals surface area contributed by atoms with Gasteiger partial charge in [-0.1, -0.05) is 6.92 Å². The Labute approximate surface area is 114 Å². The first kappa shape index (κ1) is 13.8. The van der Waals surface area contributed by atoms with E-state index >= 15 is 0 Å². The molecule has 1 aliphatic heterocycles. The second-order valence-corrected chi connectivity index (χ2v) is 6.46. The number of nitrogens with zero attached hydrogens (tertiary/aromatic N) is 3. The molecule has 1 unspecified atom stereocenters. The molecule has 1 aromatic heterocycles. The molecule has 18 heavy (non-hydrogen) atoms. The van der Waals surface area contributed by atoms with E-state index in [-0.39, 0.29) is 0 Å². The minimum atomic E-state index is 0.684. The molecule has 2 rings (SSSR count). The first-order chi connectivity index (χ1) is 8.67. The van der Waals surface area contributed by atoms with Crippen LogP contribution in [0.4, 0.5) is 5.13 Å². The summed E-state index contributed by atoms with van der Waals surface area (Å²) in [5, 5.41) is 0.684. The predicted octanol–water partition coefficient (Wildman–Crippen LogP) is 1.89. The van der Waals surface area contributed by atoms with Crippen molar-refractivity contribution in [2.75, 3.05) is 39.0 Å². The number of hydrogen-bond donors (Lipinski definition) is 1. The molecule has 0 aliphatic carbocycles. The molecule has 1 aliphatic rings. The van der Waals surface area contributed by atoms with E-state index < -0.39 is 0 Å². The van der Waals surface area contributed by atoms with Gasteiger partial charge in [-0.05, 0) is 38.9 Å². The van der Waals surface area contributed by atoms with Gasteiger partial charge in [-0.2, -0.15) is 0 Å². The molecule has 2 heterocycles. The summed E-state index contributed by atoms with van der Waals surface area (Å²) in [6, 6.07) is 0. The van der Waals surface area contributed by atoms with Crippen LogP contribution in [0.1, 0.15) is 24.6 Å². The summed E-state index contributed by atoms with van der Waals surface area (Å²) in [6.07, 6.45) is 4.48. The molecule has 0 spiro atoms. The van der Waals surface area contributed by atoms with E-state index in [1.54, 1.807) is 11.3 Å². The molecule has 0 amide bonds. The summed E-state index contributed by atoms with van der Waals surface area (Å²) in [5.74, 6) is 0.826. The van der Waals surface area contributed by atoms with Gasteiger partial charge in [0.05, 0.1) is 0 Å². The Morgan fingerprint density at radius 1 is 1.61 bits per heavy atom. The Morgan fingerprint density at radius 2 is 2.44 bits per heavy atom. The minimum absolute atomic E-state index is 0.684. The quantitative estimate of drug-likeness (QED) is 0.856. The van der Waals surface area contributed by atoms with Crippen molar-refractivity contribution in [3.8, 4) is 0 Å². The maximum Gasteiger partial charge on any atom is 0.180 e. The number of rotatable bonds is 6. The van der Waals surface area contributed by atoms with Crippen LogP contribution >= 0.6 is 11.3 Å². The highest BCUT2D eigenvalue weighted by Gasteiger charge is 2.23. The summed E-state index contributed by atoms with van der Waals surface area (Å²) in [7, 11) is 2.23. The molecule has 2 N–H and O–H groups in total. The number of nitrogens with two attached hydrogens (primary N) is 1. The van der Waals surface area contributed by atoms with Crippen LogP contribution < -0.4 is 5.73 Å². The molecule has 1 atom stereocenters. The fourth-order valence-electron chi connectivity index (χ4n) is 2.74. The minimum Gasteiger partial charge on any atom is -0.375 e. The van der Waals surface area contributed by atoms with Crippen molar-refractivity contribution >= 4 is 16.5 Å². The lowest BCUT2D eigenvalue weighted by molar-refractivity contribution is 0.261. The fourth-order valence-corrected chi connectivity index (χ4v) is 3.46. The zero-order chi connectivity index (χ0) is 13.0. The lowest BCUT2D eigenvalue weighted by atomic mass is 10.1. The van der Waals surface area contributed by atoms with E-state index in [1.165, 1.54) is 43.9 Å². The Kier molecular flexibility index (Phi) is 4.97. The third-order valence-electron chi connectivity index (χ3n) is 3.50. The van der Waals surface area contributed by atoms with E-state index in [0.29, 0.717) is 5.13 Å². The van der Waals surface area contributed by atoms with Crippen LogP contribution in [-0.2, 0) is 6.54 Å². The van der Waals surface area contributed by atoms with Crippen molar-refractivity contribution in [2.45, 2.75) is 26.3 Å². The van der Waals surface area contributed by atoms with Gasteiger partial charge in [0.15, 0.2) is 5.13 Å². The molecular formula is C13H24N4S. The van der Waals surface area contributed by atoms with Gasteiger partial charge in [-0.15, -0.1) is 11.3 Å². The molecule has 0 radical (unpaired) electrons. The number of thiazole rings is 1. The molecular weight excluding hydrogens is 244 g/mol. The number of aromatic nitrogens is 1. The van der Waals surface area contributed by atoms with Gasteiger partial charge in [0.2, 0.25) is 0 Å². The largest absolute Gasteiger partial charge is 0.375 e. The average molecular weight is 268 g/mol. The Morgan fingerprint density at radius 3 is 3.11 bits per heavy atom. The Hall–Kier alpha value is -0.650. The maximum atomic E-state index is 5.66. The third kappa shape index (κ3) is 3.93. The van der Waals surface area contributed by atoms with Crippen molar-refractivity contribution in [3.05, 3.63) is 11.1 Å². The Bertz CT molecular complexity index is 366. The highest BCUT2D eigenvalue weighted by molar-refractivity contribution is 7.15. The van der Waals surface area contributed by atoms with E-state index in [2.05, 4.69) is 28.8 Å². The van der Waals surface area contributed by atoms with Crippen molar-refractivity contribution in [2.24, 2.45) is 5.92 Å². The van der Waals surface area contributed by atoms with Gasteiger partial charge in [0.1, 0.15) is 0 Å². The number of likely N-dealkylation sites (tertiary alicyclic amines) is 1. The monoisotopic (exact) mass is 268 g/mol. The van der Waals surface area contributed by atoms with Crippen molar-refractivity contribution in [1.29, 1.82) is 0 Å². The topological polar surface area (TPSA) is 45.4 Å². The van der Waals surface area contributed by atoms with Crippen LogP contribution in [-0.4, -0.2) is 48.0 Å². The van der Waals surface area contributed by atoms with Gasteiger partial charge in [0.25, 0.3) is 0 Å². The van der Waals surface area contributed by atoms with E-state index in [0.717, 1.165) is 12.5 Å². The van der Waals surface area contributed by atoms with Gasteiger partial charge >= 0.3 is 0 Å². The number of nitrogen functional groups attached to an aromatic ring is 1. The second kappa shape index (κ2) is 6.50. The first-order valence-corrected chi connectivity index (χ1v) is 7.60. The smallest absolute Gasteiger partial charge is 0.180 e. The SMILES string of the molecule is CCCN(C)CC1CCN(Cc2cnc(N)s2)C1. The summed E-state index contributed by atoms with van der Waals surface area (Å²) in [6.45, 7) is 8.12. The van der Waals surface area contributed by atoms with Crippen LogP contribution in [0, 0.1) is 5.92 Å². The lowest BCUT2D eigenvalue weighted by Crippen LogP contribution is -2.28. The maximum absolute atomic E-state index is 5.66. The van der Waals surface area contributed by atoms with Gasteiger partial charge in [-0.3, -0.25) is 4.90 Å². The first-order valence-electron chi connectivity index (χ1n) is 6.78. The molecule has 5 heteroatoms. The predicted molar refractivity (Wildman–Crippen MR) is 77.7 cm³/mol. The van der Waals surface area contributed by atoms with E-state index in [1.807, 2.05) is 6.20 Å². The summed E-state index contributed by atoms with van der Waals surface area (Å²) in [4.78, 5) is 10.4. The summed E-state index contributed by atoms with van der Waals surface area (Å²) in [5.41, 5.74) is 5.66. The number of anilines is 1. The van der Waals surface area contributed by atoms with Crippen molar-refractivity contribution in [1.82, 2.24) is 14.8 Å². The third-order valence-corrected chi connectivity index (χ3v) is 4.31. The van der Waals surface area contributed by atoms with Crippen LogP contribution in [0.5, 0.6) is 0 Å². The van der Waals surface area contributed by atoms with Crippen LogP contribution in [0.2, 0.25) is 0 Å². The van der Waals surface area contributed by atoms with E-state index in [4.69, 9.17) is 5.73 Å². The van der Waals surface area contributed by atoms with Gasteiger partial charge in [-0.25, -0.2) is 4.98 Å². The van der Waals surface area contributed by atoms with Crippen LogP contribution in [0.15, 0.2) is 6.20 Å². The van der Waals surface area contributed by atoms with Crippen molar-refractivity contribution < 1.29 is 0 Å². The molecule has 1 saturated heterocycles. The van der Waals surface area contributed by atoms with Crippen LogP contribution in [0.3, 0.4) is 0 Å². The average Bonchev–Trinajstić information content (AvgIpc) is 2.89. The standard InChI is InChI=1S/C13H24N4S/c1-3-5-16(2)8-11-4-6-17(9-11)10-12-7-15-13(14)18-12/h7,11H,3-6,8-10H2,1-2H3,(H2,14,15). The highest BCUT2D eigenvalue weighted by Crippen LogP contribution is 2.22. The van der Waals surface area contributed by atoms with Crippen molar-refractivity contribution in [3.63, 3.8) is 0 Å². The zero-order valence-corrected chi connectivity index (χ0v) is 12.2. The lowest BCUT2D eigenvalue weighted by Gasteiger charge is -2.20. The summed E-state index contributed by atoms with van der Waals surface area (Å²) < 4.78 is 0. The fraction of sp³-hybridized carbons (Fsp3) is 0.769. The summed E-state index contributed by atoms with van der Waals surface area (Å²) >= 11 is 1.61. The number of hydrogen-bond acceptors (Lipinski definition) is 5.